The second kappa shape index (κ2) is 11.2. The van der Waals surface area contributed by atoms with Crippen molar-refractivity contribution in [2.45, 2.75) is 37.8 Å². The predicted molar refractivity (Wildman–Crippen MR) is 149 cm³/mol. The molecular weight excluding hydrogens is 510 g/mol. The summed E-state index contributed by atoms with van der Waals surface area (Å²) in [6.45, 7) is -0.181. The van der Waals surface area contributed by atoms with E-state index in [1.54, 1.807) is 54.5 Å². The third-order valence-corrected chi connectivity index (χ3v) is 7.68. The lowest BCUT2D eigenvalue weighted by Crippen LogP contribution is -2.59. The number of amides is 3. The van der Waals surface area contributed by atoms with Crippen molar-refractivity contribution in [2.24, 2.45) is 0 Å². The number of rotatable bonds is 9. The largest absolute Gasteiger partial charge is 0.497 e. The Kier molecular flexibility index (Phi) is 7.55. The lowest BCUT2D eigenvalue weighted by atomic mass is 9.92. The van der Waals surface area contributed by atoms with Crippen LogP contribution in [0.4, 0.5) is 11.4 Å². The molecule has 3 aromatic rings. The van der Waals surface area contributed by atoms with Crippen LogP contribution in [0.5, 0.6) is 11.5 Å². The molecule has 0 spiro atoms. The fraction of sp³-hybridized carbons (Fsp3) is 0.290. The molecule has 1 N–H and O–H groups in total. The maximum atomic E-state index is 14.1. The molecule has 206 valence electrons. The van der Waals surface area contributed by atoms with Gasteiger partial charge in [-0.1, -0.05) is 55.3 Å². The van der Waals surface area contributed by atoms with E-state index in [-0.39, 0.29) is 24.6 Å². The summed E-state index contributed by atoms with van der Waals surface area (Å²) in [6, 6.07) is 21.2. The van der Waals surface area contributed by atoms with Crippen molar-refractivity contribution < 1.29 is 28.7 Å². The number of carbonyl (C=O) groups excluding carboxylic acids is 4. The van der Waals surface area contributed by atoms with Crippen LogP contribution in [0.15, 0.2) is 72.8 Å². The fourth-order valence-corrected chi connectivity index (χ4v) is 5.59. The number of hydrogen-bond donors (Lipinski definition) is 1. The standard InChI is InChI=1S/C31H31N3O6/c1-39-22-14-15-24(26(18-22)40-2)32-30(38)31(16-8-9-17-31)34(19-21-10-4-3-5-11-21)27(35)20-33-25-13-7-6-12-23(25)28(36)29(33)37/h3-7,10-15,18H,8-9,16-17,19-20H2,1-2H3,(H,32,38). The molecule has 2 aliphatic rings. The van der Waals surface area contributed by atoms with Gasteiger partial charge >= 0.3 is 0 Å². The predicted octanol–water partition coefficient (Wildman–Crippen LogP) is 4.21. The van der Waals surface area contributed by atoms with E-state index in [4.69, 9.17) is 9.47 Å². The van der Waals surface area contributed by atoms with Crippen molar-refractivity contribution in [3.05, 3.63) is 83.9 Å². The first-order valence-corrected chi connectivity index (χ1v) is 13.2. The molecule has 0 atom stereocenters. The normalized spacial score (nSPS) is 15.5. The molecule has 9 heteroatoms. The summed E-state index contributed by atoms with van der Waals surface area (Å²) in [5.41, 5.74) is 0.819. The van der Waals surface area contributed by atoms with Gasteiger partial charge in [-0.05, 0) is 42.7 Å². The van der Waals surface area contributed by atoms with Gasteiger partial charge in [-0.15, -0.1) is 0 Å². The maximum absolute atomic E-state index is 14.1. The van der Waals surface area contributed by atoms with Crippen LogP contribution in [0.2, 0.25) is 0 Å². The first-order valence-electron chi connectivity index (χ1n) is 13.2. The number of ether oxygens (including phenoxy) is 2. The SMILES string of the molecule is COc1ccc(NC(=O)C2(N(Cc3ccccc3)C(=O)CN3C(=O)C(=O)c4ccccc43)CCCC2)c(OC)c1. The van der Waals surface area contributed by atoms with E-state index in [2.05, 4.69) is 5.32 Å². The molecule has 9 nitrogen and oxygen atoms in total. The van der Waals surface area contributed by atoms with Crippen LogP contribution in [0, 0.1) is 0 Å². The average Bonchev–Trinajstić information content (AvgIpc) is 3.57. The van der Waals surface area contributed by atoms with Crippen LogP contribution in [-0.2, 0) is 20.9 Å². The van der Waals surface area contributed by atoms with Crippen LogP contribution < -0.4 is 19.7 Å². The maximum Gasteiger partial charge on any atom is 0.299 e. The lowest BCUT2D eigenvalue weighted by molar-refractivity contribution is -0.145. The van der Waals surface area contributed by atoms with E-state index >= 15 is 0 Å². The number of para-hydroxylation sites is 1. The minimum atomic E-state index is -1.16. The number of anilines is 2. The Hall–Kier alpha value is -4.66. The Labute approximate surface area is 232 Å². The first kappa shape index (κ1) is 26.9. The van der Waals surface area contributed by atoms with Crippen LogP contribution in [0.25, 0.3) is 0 Å². The molecule has 5 rings (SSSR count). The Bertz CT molecular complexity index is 1450. The van der Waals surface area contributed by atoms with E-state index < -0.39 is 23.1 Å². The van der Waals surface area contributed by atoms with Crippen molar-refractivity contribution in [3.63, 3.8) is 0 Å². The van der Waals surface area contributed by atoms with Crippen LogP contribution in [0.3, 0.4) is 0 Å². The second-order valence-corrected chi connectivity index (χ2v) is 9.96. The Morgan fingerprint density at radius 3 is 2.33 bits per heavy atom. The number of nitrogens with one attached hydrogen (secondary N) is 1. The summed E-state index contributed by atoms with van der Waals surface area (Å²) in [5.74, 6) is -1.13. The van der Waals surface area contributed by atoms with Gasteiger partial charge in [0.1, 0.15) is 23.6 Å². The number of carbonyl (C=O) groups is 4. The topological polar surface area (TPSA) is 105 Å². The van der Waals surface area contributed by atoms with Crippen molar-refractivity contribution in [3.8, 4) is 11.5 Å². The molecule has 3 amide bonds. The molecule has 1 saturated carbocycles. The van der Waals surface area contributed by atoms with E-state index in [0.29, 0.717) is 35.7 Å². The molecular formula is C31H31N3O6. The Morgan fingerprint density at radius 2 is 1.62 bits per heavy atom. The van der Waals surface area contributed by atoms with Gasteiger partial charge in [0.05, 0.1) is 31.2 Å². The van der Waals surface area contributed by atoms with Gasteiger partial charge in [0.2, 0.25) is 11.8 Å². The number of ketones is 1. The Morgan fingerprint density at radius 1 is 0.925 bits per heavy atom. The van der Waals surface area contributed by atoms with Gasteiger partial charge < -0.3 is 19.7 Å². The van der Waals surface area contributed by atoms with Crippen molar-refractivity contribution in [1.29, 1.82) is 0 Å². The number of fused-ring (bicyclic) bond motifs is 1. The third kappa shape index (κ3) is 4.90. The number of Topliss-reactive ketones (excluding diaryl/α,β-unsaturated/α-hetero) is 1. The smallest absolute Gasteiger partial charge is 0.299 e. The second-order valence-electron chi connectivity index (χ2n) is 9.96. The molecule has 40 heavy (non-hydrogen) atoms. The molecule has 3 aromatic carbocycles. The summed E-state index contributed by atoms with van der Waals surface area (Å²) in [7, 11) is 3.05. The number of hydrogen-bond acceptors (Lipinski definition) is 6. The van der Waals surface area contributed by atoms with Crippen molar-refractivity contribution in [2.75, 3.05) is 31.0 Å². The Balaban J connectivity index is 1.50. The summed E-state index contributed by atoms with van der Waals surface area (Å²) in [4.78, 5) is 56.5. The van der Waals surface area contributed by atoms with Gasteiger partial charge in [-0.3, -0.25) is 24.1 Å². The van der Waals surface area contributed by atoms with E-state index in [9.17, 15) is 19.2 Å². The summed E-state index contributed by atoms with van der Waals surface area (Å²) < 4.78 is 10.8. The first-order chi connectivity index (χ1) is 19.4. The molecule has 0 radical (unpaired) electrons. The lowest BCUT2D eigenvalue weighted by Gasteiger charge is -2.41. The summed E-state index contributed by atoms with van der Waals surface area (Å²) in [5, 5.41) is 2.99. The van der Waals surface area contributed by atoms with Gasteiger partial charge in [0.15, 0.2) is 0 Å². The molecule has 0 saturated heterocycles. The van der Waals surface area contributed by atoms with Gasteiger partial charge in [-0.2, -0.15) is 0 Å². The minimum Gasteiger partial charge on any atom is -0.497 e. The van der Waals surface area contributed by atoms with E-state index in [0.717, 1.165) is 18.4 Å². The highest BCUT2D eigenvalue weighted by molar-refractivity contribution is 6.52. The van der Waals surface area contributed by atoms with Gasteiger partial charge in [0, 0.05) is 12.6 Å². The zero-order valence-electron chi connectivity index (χ0n) is 22.5. The van der Waals surface area contributed by atoms with E-state index in [1.807, 2.05) is 30.3 Å². The van der Waals surface area contributed by atoms with Crippen molar-refractivity contribution >= 4 is 34.9 Å². The number of benzene rings is 3. The molecule has 0 aromatic heterocycles. The molecule has 1 heterocycles. The molecule has 1 aliphatic heterocycles. The minimum absolute atomic E-state index is 0.171. The quantitative estimate of drug-likeness (QED) is 0.407. The van der Waals surface area contributed by atoms with Crippen molar-refractivity contribution in [1.82, 2.24) is 4.90 Å². The van der Waals surface area contributed by atoms with Gasteiger partial charge in [-0.25, -0.2) is 0 Å². The highest BCUT2D eigenvalue weighted by Gasteiger charge is 2.49. The highest BCUT2D eigenvalue weighted by atomic mass is 16.5. The highest BCUT2D eigenvalue weighted by Crippen LogP contribution is 2.40. The summed E-state index contributed by atoms with van der Waals surface area (Å²) in [6.07, 6.45) is 2.43. The van der Waals surface area contributed by atoms with Crippen LogP contribution >= 0.6 is 0 Å². The molecule has 0 bridgehead atoms. The number of nitrogens with zero attached hydrogens (tertiary/aromatic N) is 2. The monoisotopic (exact) mass is 541 g/mol. The van der Waals surface area contributed by atoms with Gasteiger partial charge in [0.25, 0.3) is 11.7 Å². The zero-order chi connectivity index (χ0) is 28.3. The van der Waals surface area contributed by atoms with Crippen LogP contribution in [0.1, 0.15) is 41.6 Å². The molecule has 1 aliphatic carbocycles. The molecule has 1 fully saturated rings. The average molecular weight is 542 g/mol. The third-order valence-electron chi connectivity index (χ3n) is 7.68. The zero-order valence-corrected chi connectivity index (χ0v) is 22.5. The fourth-order valence-electron chi connectivity index (χ4n) is 5.59. The number of methoxy groups -OCH3 is 2. The molecule has 0 unspecified atom stereocenters. The van der Waals surface area contributed by atoms with E-state index in [1.165, 1.54) is 12.0 Å². The summed E-state index contributed by atoms with van der Waals surface area (Å²) >= 11 is 0. The van der Waals surface area contributed by atoms with Crippen LogP contribution in [-0.4, -0.2) is 54.7 Å².